The molecule has 0 atom stereocenters. The molecule has 1 aromatic rings. The molecule has 0 aromatic heterocycles. The van der Waals surface area contributed by atoms with E-state index in [-0.39, 0.29) is 13.2 Å². The number of esters is 1. The summed E-state index contributed by atoms with van der Waals surface area (Å²) in [5.41, 5.74) is 0.331. The standard InChI is InChI=1S/C7H6O2.C6H10O3/c8-7(9)6-4-2-1-3-5-6;1-2-6(8)9-5-3-4-7/h1-5H,(H,8,9);2,7H,1,3-5H2. The highest BCUT2D eigenvalue weighted by molar-refractivity contribution is 5.87. The largest absolute Gasteiger partial charge is 0.478 e. The Balaban J connectivity index is 0.000000321. The van der Waals surface area contributed by atoms with Crippen molar-refractivity contribution in [3.05, 3.63) is 48.6 Å². The van der Waals surface area contributed by atoms with Crippen molar-refractivity contribution in [3.8, 4) is 0 Å². The molecule has 5 nitrogen and oxygen atoms in total. The molecule has 0 aliphatic carbocycles. The van der Waals surface area contributed by atoms with E-state index >= 15 is 0 Å². The minimum absolute atomic E-state index is 0.0461. The summed E-state index contributed by atoms with van der Waals surface area (Å²) in [6, 6.07) is 8.30. The van der Waals surface area contributed by atoms with E-state index in [0.29, 0.717) is 12.0 Å². The molecule has 1 rings (SSSR count). The Kier molecular flexibility index (Phi) is 8.85. The third kappa shape index (κ3) is 8.06. The van der Waals surface area contributed by atoms with Gasteiger partial charge in [-0.05, 0) is 12.1 Å². The molecule has 0 fully saturated rings. The highest BCUT2D eigenvalue weighted by Gasteiger charge is 1.96. The lowest BCUT2D eigenvalue weighted by atomic mass is 10.2. The van der Waals surface area contributed by atoms with Gasteiger partial charge in [0.25, 0.3) is 0 Å². The van der Waals surface area contributed by atoms with Crippen LogP contribution in [-0.2, 0) is 9.53 Å². The van der Waals surface area contributed by atoms with Gasteiger partial charge in [0, 0.05) is 19.1 Å². The lowest BCUT2D eigenvalue weighted by molar-refractivity contribution is -0.137. The Labute approximate surface area is 105 Å². The zero-order chi connectivity index (χ0) is 13.8. The third-order valence-corrected chi connectivity index (χ3v) is 1.73. The Morgan fingerprint density at radius 3 is 2.28 bits per heavy atom. The number of carboxylic acids is 1. The molecule has 2 N–H and O–H groups in total. The van der Waals surface area contributed by atoms with E-state index in [4.69, 9.17) is 10.2 Å². The van der Waals surface area contributed by atoms with Crippen LogP contribution in [0.3, 0.4) is 0 Å². The van der Waals surface area contributed by atoms with Crippen molar-refractivity contribution in [1.29, 1.82) is 0 Å². The van der Waals surface area contributed by atoms with Gasteiger partial charge in [0.15, 0.2) is 0 Å². The van der Waals surface area contributed by atoms with Crippen LogP contribution in [0.2, 0.25) is 0 Å². The summed E-state index contributed by atoms with van der Waals surface area (Å²) in [5, 5.41) is 16.6. The van der Waals surface area contributed by atoms with Crippen molar-refractivity contribution in [2.75, 3.05) is 13.2 Å². The van der Waals surface area contributed by atoms with Crippen LogP contribution in [0.1, 0.15) is 16.8 Å². The van der Waals surface area contributed by atoms with Gasteiger partial charge >= 0.3 is 11.9 Å². The number of rotatable bonds is 5. The molecule has 0 spiro atoms. The average Bonchev–Trinajstić information content (AvgIpc) is 2.40. The fraction of sp³-hybridized carbons (Fsp3) is 0.231. The zero-order valence-corrected chi connectivity index (χ0v) is 9.91. The maximum atomic E-state index is 10.3. The molecule has 0 radical (unpaired) electrons. The molecular formula is C13H16O5. The van der Waals surface area contributed by atoms with Crippen molar-refractivity contribution >= 4 is 11.9 Å². The summed E-state index contributed by atoms with van der Waals surface area (Å²) in [4.78, 5) is 20.5. The molecule has 18 heavy (non-hydrogen) atoms. The number of hydrogen-bond donors (Lipinski definition) is 2. The van der Waals surface area contributed by atoms with E-state index in [1.807, 2.05) is 0 Å². The second kappa shape index (κ2) is 10.0. The number of carbonyl (C=O) groups excluding carboxylic acids is 1. The van der Waals surface area contributed by atoms with Crippen LogP contribution in [-0.4, -0.2) is 35.4 Å². The van der Waals surface area contributed by atoms with Crippen LogP contribution in [0.5, 0.6) is 0 Å². The molecule has 0 aliphatic rings. The molecule has 1 aromatic carbocycles. The van der Waals surface area contributed by atoms with Crippen molar-refractivity contribution in [2.45, 2.75) is 6.42 Å². The van der Waals surface area contributed by atoms with E-state index < -0.39 is 11.9 Å². The predicted molar refractivity (Wildman–Crippen MR) is 66.3 cm³/mol. The normalized spacial score (nSPS) is 8.72. The first kappa shape index (κ1) is 15.9. The molecule has 0 unspecified atom stereocenters. The number of aliphatic hydroxyl groups excluding tert-OH is 1. The molecule has 0 aliphatic heterocycles. The Hall–Kier alpha value is -2.14. The van der Waals surface area contributed by atoms with Crippen molar-refractivity contribution in [3.63, 3.8) is 0 Å². The van der Waals surface area contributed by atoms with E-state index in [0.717, 1.165) is 6.08 Å². The Morgan fingerprint density at radius 1 is 1.28 bits per heavy atom. The number of aromatic carboxylic acids is 1. The van der Waals surface area contributed by atoms with E-state index in [1.54, 1.807) is 30.3 Å². The summed E-state index contributed by atoms with van der Waals surface area (Å²) in [6.45, 7) is 3.51. The highest BCUT2D eigenvalue weighted by atomic mass is 16.5. The lowest BCUT2D eigenvalue weighted by Gasteiger charge is -1.96. The van der Waals surface area contributed by atoms with Gasteiger partial charge in [-0.1, -0.05) is 24.8 Å². The van der Waals surface area contributed by atoms with Crippen molar-refractivity contribution in [2.24, 2.45) is 0 Å². The van der Waals surface area contributed by atoms with Crippen LogP contribution < -0.4 is 0 Å². The maximum absolute atomic E-state index is 10.3. The Morgan fingerprint density at radius 2 is 1.89 bits per heavy atom. The molecule has 0 saturated carbocycles. The van der Waals surface area contributed by atoms with Gasteiger partial charge in [0.05, 0.1) is 12.2 Å². The quantitative estimate of drug-likeness (QED) is 0.471. The lowest BCUT2D eigenvalue weighted by Crippen LogP contribution is -2.02. The number of benzene rings is 1. The SMILES string of the molecule is C=CC(=O)OCCCO.O=C(O)c1ccccc1. The van der Waals surface area contributed by atoms with Gasteiger partial charge in [-0.3, -0.25) is 0 Å². The van der Waals surface area contributed by atoms with Crippen LogP contribution in [0.4, 0.5) is 0 Å². The van der Waals surface area contributed by atoms with Crippen LogP contribution in [0.25, 0.3) is 0 Å². The molecule has 0 bridgehead atoms. The number of carboxylic acid groups (broad SMARTS) is 1. The number of carbonyl (C=O) groups is 2. The van der Waals surface area contributed by atoms with Crippen LogP contribution in [0.15, 0.2) is 43.0 Å². The number of aliphatic hydroxyl groups is 1. The average molecular weight is 252 g/mol. The second-order valence-corrected chi connectivity index (χ2v) is 3.12. The molecule has 0 heterocycles. The fourth-order valence-electron chi connectivity index (χ4n) is 0.877. The summed E-state index contributed by atoms with van der Waals surface area (Å²) >= 11 is 0. The van der Waals surface area contributed by atoms with Gasteiger partial charge in [0.2, 0.25) is 0 Å². The molecular weight excluding hydrogens is 236 g/mol. The van der Waals surface area contributed by atoms with Gasteiger partial charge in [-0.25, -0.2) is 9.59 Å². The number of hydrogen-bond acceptors (Lipinski definition) is 4. The van der Waals surface area contributed by atoms with Crippen molar-refractivity contribution < 1.29 is 24.5 Å². The van der Waals surface area contributed by atoms with E-state index in [9.17, 15) is 9.59 Å². The summed E-state index contributed by atoms with van der Waals surface area (Å²) in [6.07, 6.45) is 1.58. The third-order valence-electron chi connectivity index (χ3n) is 1.73. The first-order valence-electron chi connectivity index (χ1n) is 5.30. The maximum Gasteiger partial charge on any atom is 0.335 e. The van der Waals surface area contributed by atoms with Crippen molar-refractivity contribution in [1.82, 2.24) is 0 Å². The second-order valence-electron chi connectivity index (χ2n) is 3.12. The van der Waals surface area contributed by atoms with Gasteiger partial charge in [-0.15, -0.1) is 0 Å². The first-order chi connectivity index (χ1) is 8.61. The minimum Gasteiger partial charge on any atom is -0.478 e. The molecule has 5 heteroatoms. The Bertz CT molecular complexity index is 372. The molecule has 0 saturated heterocycles. The first-order valence-corrected chi connectivity index (χ1v) is 5.30. The smallest absolute Gasteiger partial charge is 0.335 e. The zero-order valence-electron chi connectivity index (χ0n) is 9.91. The summed E-state index contributed by atoms with van der Waals surface area (Å²) in [7, 11) is 0. The summed E-state index contributed by atoms with van der Waals surface area (Å²) in [5.74, 6) is -1.32. The van der Waals surface area contributed by atoms with Gasteiger partial charge in [0.1, 0.15) is 0 Å². The van der Waals surface area contributed by atoms with Crippen LogP contribution >= 0.6 is 0 Å². The molecule has 98 valence electrons. The number of ether oxygens (including phenoxy) is 1. The fourth-order valence-corrected chi connectivity index (χ4v) is 0.877. The van der Waals surface area contributed by atoms with E-state index in [1.165, 1.54) is 0 Å². The van der Waals surface area contributed by atoms with E-state index in [2.05, 4.69) is 11.3 Å². The summed E-state index contributed by atoms with van der Waals surface area (Å²) < 4.78 is 4.51. The topological polar surface area (TPSA) is 83.8 Å². The predicted octanol–water partition coefficient (Wildman–Crippen LogP) is 1.48. The monoisotopic (exact) mass is 252 g/mol. The molecule has 0 amide bonds. The van der Waals surface area contributed by atoms with Gasteiger partial charge in [-0.2, -0.15) is 0 Å². The van der Waals surface area contributed by atoms with Crippen LogP contribution in [0, 0.1) is 0 Å². The van der Waals surface area contributed by atoms with Gasteiger partial charge < -0.3 is 14.9 Å². The minimum atomic E-state index is -0.879. The highest BCUT2D eigenvalue weighted by Crippen LogP contribution is 1.96.